The zero-order valence-electron chi connectivity index (χ0n) is 11.4. The number of halogens is 1. The molecular weight excluding hydrogens is 275 g/mol. The summed E-state index contributed by atoms with van der Waals surface area (Å²) in [6.45, 7) is 1.39. The van der Waals surface area contributed by atoms with Crippen LogP contribution in [-0.4, -0.2) is 16.6 Å². The van der Waals surface area contributed by atoms with Crippen LogP contribution >= 0.6 is 0 Å². The highest BCUT2D eigenvalue weighted by atomic mass is 19.1. The first-order chi connectivity index (χ1) is 9.98. The lowest BCUT2D eigenvalue weighted by molar-refractivity contribution is -0.386. The Morgan fingerprint density at radius 2 is 1.90 bits per heavy atom. The van der Waals surface area contributed by atoms with Crippen LogP contribution in [0.1, 0.15) is 12.5 Å². The van der Waals surface area contributed by atoms with E-state index in [0.29, 0.717) is 0 Å². The quantitative estimate of drug-likeness (QED) is 0.655. The van der Waals surface area contributed by atoms with E-state index in [0.717, 1.165) is 11.6 Å². The van der Waals surface area contributed by atoms with Crippen molar-refractivity contribution in [3.63, 3.8) is 0 Å². The largest absolute Gasteiger partial charge is 0.394 e. The van der Waals surface area contributed by atoms with Crippen molar-refractivity contribution in [2.75, 3.05) is 11.9 Å². The number of nitrogens with zero attached hydrogens (tertiary/aromatic N) is 1. The molecule has 0 saturated heterocycles. The second-order valence-electron chi connectivity index (χ2n) is 4.87. The minimum Gasteiger partial charge on any atom is -0.394 e. The topological polar surface area (TPSA) is 75.4 Å². The fourth-order valence-corrected chi connectivity index (χ4v) is 2.11. The summed E-state index contributed by atoms with van der Waals surface area (Å²) in [7, 11) is 0. The lowest BCUT2D eigenvalue weighted by atomic mass is 9.92. The zero-order valence-corrected chi connectivity index (χ0v) is 11.4. The fourth-order valence-electron chi connectivity index (χ4n) is 2.11. The van der Waals surface area contributed by atoms with E-state index >= 15 is 0 Å². The summed E-state index contributed by atoms with van der Waals surface area (Å²) in [6, 6.07) is 12.8. The maximum atomic E-state index is 13.6. The molecule has 0 heterocycles. The first-order valence-corrected chi connectivity index (χ1v) is 6.35. The van der Waals surface area contributed by atoms with Crippen molar-refractivity contribution in [1.29, 1.82) is 0 Å². The third-order valence-corrected chi connectivity index (χ3v) is 3.31. The molecule has 1 unspecified atom stereocenters. The van der Waals surface area contributed by atoms with E-state index in [1.165, 1.54) is 12.1 Å². The van der Waals surface area contributed by atoms with E-state index in [9.17, 15) is 19.6 Å². The van der Waals surface area contributed by atoms with E-state index in [1.54, 1.807) is 31.2 Å². The van der Waals surface area contributed by atoms with E-state index in [4.69, 9.17) is 0 Å². The third-order valence-electron chi connectivity index (χ3n) is 3.31. The molecule has 0 bridgehead atoms. The van der Waals surface area contributed by atoms with Gasteiger partial charge in [0, 0.05) is 0 Å². The minimum absolute atomic E-state index is 0.0282. The molecule has 0 amide bonds. The molecule has 0 aliphatic carbocycles. The summed E-state index contributed by atoms with van der Waals surface area (Å²) in [5.74, 6) is -0.918. The first kappa shape index (κ1) is 14.9. The maximum Gasteiger partial charge on any atom is 0.327 e. The van der Waals surface area contributed by atoms with Crippen molar-refractivity contribution in [3.8, 4) is 0 Å². The molecule has 0 radical (unpaired) electrons. The van der Waals surface area contributed by atoms with Crippen molar-refractivity contribution in [3.05, 3.63) is 70.0 Å². The number of para-hydroxylation sites is 1. The Labute approximate surface area is 121 Å². The molecule has 2 rings (SSSR count). The highest BCUT2D eigenvalue weighted by Crippen LogP contribution is 2.33. The van der Waals surface area contributed by atoms with Gasteiger partial charge in [-0.15, -0.1) is 0 Å². The normalized spacial score (nSPS) is 13.5. The Morgan fingerprint density at radius 1 is 1.24 bits per heavy atom. The lowest BCUT2D eigenvalue weighted by Gasteiger charge is -2.30. The SMILES string of the molecule is CC(CO)(Nc1cccc(F)c1[N+](=O)[O-])c1ccccc1. The number of hydrogen-bond acceptors (Lipinski definition) is 4. The van der Waals surface area contributed by atoms with Gasteiger partial charge in [-0.1, -0.05) is 36.4 Å². The van der Waals surface area contributed by atoms with E-state index in [1.807, 2.05) is 6.07 Å². The molecular formula is C15H15FN2O3. The maximum absolute atomic E-state index is 13.6. The van der Waals surface area contributed by atoms with Gasteiger partial charge in [-0.3, -0.25) is 10.1 Å². The Morgan fingerprint density at radius 3 is 2.48 bits per heavy atom. The number of rotatable bonds is 5. The molecule has 110 valence electrons. The molecule has 2 aromatic rings. The van der Waals surface area contributed by atoms with Crippen molar-refractivity contribution >= 4 is 11.4 Å². The second kappa shape index (κ2) is 5.88. The summed E-state index contributed by atoms with van der Waals surface area (Å²) < 4.78 is 13.6. The number of nitro benzene ring substituents is 1. The van der Waals surface area contributed by atoms with E-state index in [-0.39, 0.29) is 12.3 Å². The first-order valence-electron chi connectivity index (χ1n) is 6.35. The number of benzene rings is 2. The highest BCUT2D eigenvalue weighted by molar-refractivity contribution is 5.63. The molecule has 1 atom stereocenters. The molecule has 0 fully saturated rings. The van der Waals surface area contributed by atoms with Gasteiger partial charge < -0.3 is 10.4 Å². The molecule has 6 heteroatoms. The molecule has 5 nitrogen and oxygen atoms in total. The van der Waals surface area contributed by atoms with Gasteiger partial charge >= 0.3 is 5.69 Å². The summed E-state index contributed by atoms with van der Waals surface area (Å²) in [5, 5.41) is 23.6. The average Bonchev–Trinajstić information content (AvgIpc) is 2.47. The van der Waals surface area contributed by atoms with Crippen LogP contribution in [0, 0.1) is 15.9 Å². The van der Waals surface area contributed by atoms with Gasteiger partial charge in [0.1, 0.15) is 5.69 Å². The van der Waals surface area contributed by atoms with E-state index in [2.05, 4.69) is 5.32 Å². The summed E-state index contributed by atoms with van der Waals surface area (Å²) in [5.41, 5.74) is -0.820. The van der Waals surface area contributed by atoms with Crippen LogP contribution in [0.25, 0.3) is 0 Å². The number of aliphatic hydroxyl groups excluding tert-OH is 1. The number of nitrogens with one attached hydrogen (secondary N) is 1. The van der Waals surface area contributed by atoms with Crippen molar-refractivity contribution in [2.24, 2.45) is 0 Å². The fraction of sp³-hybridized carbons (Fsp3) is 0.200. The van der Waals surface area contributed by atoms with Gasteiger partial charge in [-0.25, -0.2) is 0 Å². The van der Waals surface area contributed by atoms with Gasteiger partial charge in [0.15, 0.2) is 0 Å². The predicted octanol–water partition coefficient (Wildman–Crippen LogP) is 3.05. The van der Waals surface area contributed by atoms with Gasteiger partial charge in [0.25, 0.3) is 0 Å². The standard InChI is InChI=1S/C15H15FN2O3/c1-15(10-19,11-6-3-2-4-7-11)17-13-9-5-8-12(16)14(13)18(20)21/h2-9,17,19H,10H2,1H3. The van der Waals surface area contributed by atoms with Crippen LogP contribution < -0.4 is 5.32 Å². The summed E-state index contributed by atoms with van der Waals surface area (Å²) in [6.07, 6.45) is 0. The number of nitro groups is 1. The zero-order chi connectivity index (χ0) is 15.5. The number of aliphatic hydroxyl groups is 1. The van der Waals surface area contributed by atoms with Crippen LogP contribution in [0.5, 0.6) is 0 Å². The molecule has 2 N–H and O–H groups in total. The molecule has 21 heavy (non-hydrogen) atoms. The molecule has 0 aliphatic rings. The van der Waals surface area contributed by atoms with Crippen LogP contribution in [0.4, 0.5) is 15.8 Å². The summed E-state index contributed by atoms with van der Waals surface area (Å²) >= 11 is 0. The second-order valence-corrected chi connectivity index (χ2v) is 4.87. The third kappa shape index (κ3) is 3.00. The molecule has 0 aromatic heterocycles. The smallest absolute Gasteiger partial charge is 0.327 e. The average molecular weight is 290 g/mol. The van der Waals surface area contributed by atoms with Gasteiger partial charge in [-0.05, 0) is 24.6 Å². The number of anilines is 1. The van der Waals surface area contributed by atoms with E-state index < -0.39 is 22.0 Å². The van der Waals surface area contributed by atoms with Crippen molar-refractivity contribution < 1.29 is 14.4 Å². The Hall–Kier alpha value is -2.47. The van der Waals surface area contributed by atoms with Crippen molar-refractivity contribution in [1.82, 2.24) is 0 Å². The molecule has 0 spiro atoms. The van der Waals surface area contributed by atoms with Gasteiger partial charge in [0.2, 0.25) is 5.82 Å². The van der Waals surface area contributed by atoms with Crippen LogP contribution in [0.3, 0.4) is 0 Å². The Bertz CT molecular complexity index is 649. The summed E-state index contributed by atoms with van der Waals surface area (Å²) in [4.78, 5) is 10.2. The molecule has 0 aliphatic heterocycles. The van der Waals surface area contributed by atoms with Gasteiger partial charge in [0.05, 0.1) is 17.1 Å². The highest BCUT2D eigenvalue weighted by Gasteiger charge is 2.29. The van der Waals surface area contributed by atoms with Crippen LogP contribution in [0.2, 0.25) is 0 Å². The van der Waals surface area contributed by atoms with Crippen LogP contribution in [-0.2, 0) is 5.54 Å². The minimum atomic E-state index is -0.959. The molecule has 2 aromatic carbocycles. The Kier molecular flexibility index (Phi) is 4.18. The molecule has 0 saturated carbocycles. The lowest BCUT2D eigenvalue weighted by Crippen LogP contribution is -2.36. The monoisotopic (exact) mass is 290 g/mol. The Balaban J connectivity index is 2.45. The van der Waals surface area contributed by atoms with Gasteiger partial charge in [-0.2, -0.15) is 4.39 Å². The predicted molar refractivity (Wildman–Crippen MR) is 77.6 cm³/mol. The van der Waals surface area contributed by atoms with Crippen molar-refractivity contribution in [2.45, 2.75) is 12.5 Å². The van der Waals surface area contributed by atoms with Crippen LogP contribution in [0.15, 0.2) is 48.5 Å². The number of hydrogen-bond donors (Lipinski definition) is 2.